The maximum atomic E-state index is 3.11. The van der Waals surface area contributed by atoms with Crippen molar-refractivity contribution >= 4 is 0 Å². The second-order valence-electron chi connectivity index (χ2n) is 2.54. The van der Waals surface area contributed by atoms with Crippen molar-refractivity contribution in [2.45, 2.75) is 32.7 Å². The minimum atomic E-state index is 1.13. The lowest BCUT2D eigenvalue weighted by Gasteiger charge is -1.98. The molecule has 1 aromatic rings. The molecule has 0 spiro atoms. The van der Waals surface area contributed by atoms with Crippen molar-refractivity contribution in [3.05, 3.63) is 24.5 Å². The van der Waals surface area contributed by atoms with Gasteiger partial charge < -0.3 is 4.57 Å². The Hall–Kier alpha value is -0.720. The molecule has 0 aliphatic rings. The van der Waals surface area contributed by atoms with E-state index < -0.39 is 0 Å². The minimum absolute atomic E-state index is 1.13. The summed E-state index contributed by atoms with van der Waals surface area (Å²) in [5, 5.41) is 0. The number of hydrogen-bond acceptors (Lipinski definition) is 0. The van der Waals surface area contributed by atoms with Crippen LogP contribution in [0.3, 0.4) is 0 Å². The molecule has 0 atom stereocenters. The Labute approximate surface area is 62.7 Å². The normalized spacial score (nSPS) is 10.1. The summed E-state index contributed by atoms with van der Waals surface area (Å²) in [6.45, 7) is 3.35. The van der Waals surface area contributed by atoms with Crippen LogP contribution in [-0.2, 0) is 6.54 Å². The Kier molecular flexibility index (Phi) is 3.07. The van der Waals surface area contributed by atoms with Crippen molar-refractivity contribution in [2.24, 2.45) is 0 Å². The van der Waals surface area contributed by atoms with Crippen molar-refractivity contribution in [2.75, 3.05) is 0 Å². The fraction of sp³-hybridized carbons (Fsp3) is 0.556. The molecule has 1 heteroatoms. The highest BCUT2D eigenvalue weighted by atomic mass is 14.9. The molecule has 10 heavy (non-hydrogen) atoms. The minimum Gasteiger partial charge on any atom is -0.346 e. The first-order valence-electron chi connectivity index (χ1n) is 3.96. The van der Waals surface area contributed by atoms with Gasteiger partial charge in [-0.15, -0.1) is 0 Å². The maximum absolute atomic E-state index is 3.11. The Morgan fingerprint density at radius 2 is 2.30 bits per heavy atom. The average Bonchev–Trinajstić information content (AvgIpc) is 2.41. The molecule has 0 saturated heterocycles. The second kappa shape index (κ2) is 4.15. The smallest absolute Gasteiger partial charge is 0.0647 e. The van der Waals surface area contributed by atoms with Crippen molar-refractivity contribution < 1.29 is 0 Å². The first kappa shape index (κ1) is 7.39. The molecule has 0 amide bonds. The van der Waals surface area contributed by atoms with Crippen LogP contribution in [0.5, 0.6) is 0 Å². The Morgan fingerprint density at radius 3 is 2.90 bits per heavy atom. The van der Waals surface area contributed by atoms with E-state index in [1.807, 2.05) is 12.1 Å². The summed E-state index contributed by atoms with van der Waals surface area (Å²) >= 11 is 0. The third-order valence-electron chi connectivity index (χ3n) is 1.61. The largest absolute Gasteiger partial charge is 0.346 e. The lowest BCUT2D eigenvalue weighted by atomic mass is 10.2. The summed E-state index contributed by atoms with van der Waals surface area (Å²) < 4.78 is 2.11. The number of aromatic nitrogens is 1. The number of hydrogen-bond donors (Lipinski definition) is 0. The SMILES string of the molecule is CCCCCn1[c]ccc1. The zero-order valence-corrected chi connectivity index (χ0v) is 6.51. The van der Waals surface area contributed by atoms with Gasteiger partial charge in [0.2, 0.25) is 0 Å². The van der Waals surface area contributed by atoms with Gasteiger partial charge in [0.15, 0.2) is 0 Å². The monoisotopic (exact) mass is 136 g/mol. The topological polar surface area (TPSA) is 4.93 Å². The highest BCUT2D eigenvalue weighted by Crippen LogP contribution is 1.97. The fourth-order valence-corrected chi connectivity index (χ4v) is 1.000. The Bertz CT molecular complexity index is 153. The first-order chi connectivity index (χ1) is 4.93. The zero-order valence-electron chi connectivity index (χ0n) is 6.51. The van der Waals surface area contributed by atoms with Crippen LogP contribution in [0.15, 0.2) is 18.3 Å². The van der Waals surface area contributed by atoms with E-state index in [0.29, 0.717) is 0 Å². The van der Waals surface area contributed by atoms with E-state index in [1.165, 1.54) is 19.3 Å². The quantitative estimate of drug-likeness (QED) is 0.560. The molecule has 0 saturated carbocycles. The van der Waals surface area contributed by atoms with Gasteiger partial charge in [-0.3, -0.25) is 0 Å². The van der Waals surface area contributed by atoms with Gasteiger partial charge in [-0.05, 0) is 18.6 Å². The predicted molar refractivity (Wildman–Crippen MR) is 42.8 cm³/mol. The van der Waals surface area contributed by atoms with E-state index in [2.05, 4.69) is 23.9 Å². The van der Waals surface area contributed by atoms with Gasteiger partial charge in [-0.2, -0.15) is 0 Å². The third-order valence-corrected chi connectivity index (χ3v) is 1.61. The van der Waals surface area contributed by atoms with Crippen LogP contribution in [0.25, 0.3) is 0 Å². The summed E-state index contributed by atoms with van der Waals surface area (Å²) in [6, 6.07) is 3.97. The van der Waals surface area contributed by atoms with Crippen LogP contribution in [0, 0.1) is 6.20 Å². The van der Waals surface area contributed by atoms with E-state index >= 15 is 0 Å². The van der Waals surface area contributed by atoms with E-state index in [4.69, 9.17) is 0 Å². The van der Waals surface area contributed by atoms with Crippen LogP contribution in [0.4, 0.5) is 0 Å². The lowest BCUT2D eigenvalue weighted by Crippen LogP contribution is -1.93. The van der Waals surface area contributed by atoms with Gasteiger partial charge in [-0.1, -0.05) is 19.8 Å². The summed E-state index contributed by atoms with van der Waals surface area (Å²) in [6.07, 6.45) is 9.08. The molecule has 0 bridgehead atoms. The van der Waals surface area contributed by atoms with Crippen LogP contribution >= 0.6 is 0 Å². The summed E-state index contributed by atoms with van der Waals surface area (Å²) in [5.41, 5.74) is 0. The molecule has 1 rings (SSSR count). The van der Waals surface area contributed by atoms with Gasteiger partial charge >= 0.3 is 0 Å². The van der Waals surface area contributed by atoms with Crippen molar-refractivity contribution in [1.82, 2.24) is 4.57 Å². The molecule has 0 aliphatic carbocycles. The van der Waals surface area contributed by atoms with Gasteiger partial charge in [0.05, 0.1) is 6.20 Å². The molecule has 0 unspecified atom stereocenters. The molecular weight excluding hydrogens is 122 g/mol. The molecule has 0 fully saturated rings. The molecule has 0 aliphatic heterocycles. The van der Waals surface area contributed by atoms with Gasteiger partial charge in [0.1, 0.15) is 0 Å². The highest BCUT2D eigenvalue weighted by molar-refractivity contribution is 4.87. The second-order valence-corrected chi connectivity index (χ2v) is 2.54. The standard InChI is InChI=1S/C9H14N/c1-2-3-4-7-10-8-5-6-9-10/h5-6,8H,2-4,7H2,1H3. The maximum Gasteiger partial charge on any atom is 0.0647 e. The predicted octanol–water partition coefficient (Wildman–Crippen LogP) is 2.48. The molecule has 1 aromatic heterocycles. The van der Waals surface area contributed by atoms with E-state index in [1.54, 1.807) is 0 Å². The number of nitrogens with zero attached hydrogens (tertiary/aromatic N) is 1. The third kappa shape index (κ3) is 2.26. The van der Waals surface area contributed by atoms with Gasteiger partial charge in [0, 0.05) is 12.7 Å². The van der Waals surface area contributed by atoms with Crippen molar-refractivity contribution in [3.8, 4) is 0 Å². The molecule has 1 radical (unpaired) electrons. The Morgan fingerprint density at radius 1 is 1.40 bits per heavy atom. The number of aryl methyl sites for hydroxylation is 1. The summed E-state index contributed by atoms with van der Waals surface area (Å²) in [7, 11) is 0. The van der Waals surface area contributed by atoms with Crippen LogP contribution in [-0.4, -0.2) is 4.57 Å². The van der Waals surface area contributed by atoms with Gasteiger partial charge in [0.25, 0.3) is 0 Å². The summed E-state index contributed by atoms with van der Waals surface area (Å²) in [4.78, 5) is 0. The molecule has 1 heterocycles. The molecule has 0 aromatic carbocycles. The van der Waals surface area contributed by atoms with E-state index in [9.17, 15) is 0 Å². The molecule has 0 N–H and O–H groups in total. The van der Waals surface area contributed by atoms with E-state index in [0.717, 1.165) is 6.54 Å². The fourth-order valence-electron chi connectivity index (χ4n) is 1.000. The molecule has 1 nitrogen and oxygen atoms in total. The van der Waals surface area contributed by atoms with E-state index in [-0.39, 0.29) is 0 Å². The first-order valence-corrected chi connectivity index (χ1v) is 3.96. The van der Waals surface area contributed by atoms with Crippen molar-refractivity contribution in [3.63, 3.8) is 0 Å². The number of rotatable bonds is 4. The number of unbranched alkanes of at least 4 members (excludes halogenated alkanes) is 2. The zero-order chi connectivity index (χ0) is 7.23. The lowest BCUT2D eigenvalue weighted by molar-refractivity contribution is 0.602. The van der Waals surface area contributed by atoms with Gasteiger partial charge in [-0.25, -0.2) is 0 Å². The van der Waals surface area contributed by atoms with Crippen LogP contribution in [0.2, 0.25) is 0 Å². The average molecular weight is 136 g/mol. The van der Waals surface area contributed by atoms with Crippen LogP contribution < -0.4 is 0 Å². The highest BCUT2D eigenvalue weighted by Gasteiger charge is 1.87. The summed E-state index contributed by atoms with van der Waals surface area (Å²) in [5.74, 6) is 0. The van der Waals surface area contributed by atoms with Crippen molar-refractivity contribution in [1.29, 1.82) is 0 Å². The van der Waals surface area contributed by atoms with Crippen LogP contribution in [0.1, 0.15) is 26.2 Å². The molecule has 55 valence electrons. The molecular formula is C9H14N. The Balaban J connectivity index is 2.15.